The van der Waals surface area contributed by atoms with Crippen LogP contribution in [0.5, 0.6) is 0 Å². The number of halogens is 1. The second kappa shape index (κ2) is 3.65. The van der Waals surface area contributed by atoms with Gasteiger partial charge in [0, 0.05) is 5.56 Å². The van der Waals surface area contributed by atoms with E-state index >= 15 is 0 Å². The summed E-state index contributed by atoms with van der Waals surface area (Å²) in [5, 5.41) is 0. The van der Waals surface area contributed by atoms with Gasteiger partial charge in [0.15, 0.2) is 0 Å². The maximum absolute atomic E-state index is 13.5. The topological polar surface area (TPSA) is 44.5 Å². The van der Waals surface area contributed by atoms with E-state index in [1.807, 2.05) is 0 Å². The molecule has 2 rings (SSSR count). The minimum Gasteiger partial charge on any atom is -0.342 e. The monoisotopic (exact) mass is 197 g/mol. The van der Waals surface area contributed by atoms with Crippen molar-refractivity contribution < 1.29 is 13.9 Å². The van der Waals surface area contributed by atoms with E-state index < -0.39 is 5.79 Å². The van der Waals surface area contributed by atoms with E-state index in [0.717, 1.165) is 0 Å². The van der Waals surface area contributed by atoms with Crippen LogP contribution in [0.15, 0.2) is 24.3 Å². The Morgan fingerprint density at radius 2 is 1.93 bits per heavy atom. The van der Waals surface area contributed by atoms with E-state index in [-0.39, 0.29) is 12.4 Å². The van der Waals surface area contributed by atoms with Crippen molar-refractivity contribution in [1.82, 2.24) is 0 Å². The van der Waals surface area contributed by atoms with Crippen molar-refractivity contribution in [2.24, 2.45) is 5.73 Å². The summed E-state index contributed by atoms with van der Waals surface area (Å²) in [6.45, 7) is 1.02. The van der Waals surface area contributed by atoms with Crippen LogP contribution >= 0.6 is 0 Å². The molecule has 0 spiro atoms. The van der Waals surface area contributed by atoms with Crippen molar-refractivity contribution in [2.45, 2.75) is 5.79 Å². The Labute approximate surface area is 81.6 Å². The van der Waals surface area contributed by atoms with E-state index in [1.54, 1.807) is 18.2 Å². The van der Waals surface area contributed by atoms with Gasteiger partial charge in [-0.15, -0.1) is 0 Å². The molecule has 0 aromatic heterocycles. The number of benzene rings is 1. The maximum Gasteiger partial charge on any atom is 0.210 e. The van der Waals surface area contributed by atoms with Crippen molar-refractivity contribution in [3.05, 3.63) is 35.6 Å². The lowest BCUT2D eigenvalue weighted by Crippen LogP contribution is -2.36. The predicted molar refractivity (Wildman–Crippen MR) is 49.0 cm³/mol. The minimum atomic E-state index is -1.08. The summed E-state index contributed by atoms with van der Waals surface area (Å²) in [5.74, 6) is -1.43. The molecule has 1 heterocycles. The first-order chi connectivity index (χ1) is 6.78. The molecule has 1 aliphatic heterocycles. The summed E-state index contributed by atoms with van der Waals surface area (Å²) >= 11 is 0. The van der Waals surface area contributed by atoms with Crippen LogP contribution in [0.25, 0.3) is 0 Å². The highest BCUT2D eigenvalue weighted by atomic mass is 19.1. The van der Waals surface area contributed by atoms with Crippen LogP contribution in [0.1, 0.15) is 5.56 Å². The predicted octanol–water partition coefficient (Wildman–Crippen LogP) is 0.984. The molecule has 1 aromatic rings. The van der Waals surface area contributed by atoms with Crippen molar-refractivity contribution in [2.75, 3.05) is 19.8 Å². The van der Waals surface area contributed by atoms with Gasteiger partial charge in [-0.1, -0.05) is 18.2 Å². The average molecular weight is 197 g/mol. The van der Waals surface area contributed by atoms with Gasteiger partial charge in [0.1, 0.15) is 5.82 Å². The van der Waals surface area contributed by atoms with Crippen molar-refractivity contribution in [3.8, 4) is 0 Å². The molecule has 1 fully saturated rings. The first kappa shape index (κ1) is 9.58. The van der Waals surface area contributed by atoms with E-state index in [2.05, 4.69) is 0 Å². The van der Waals surface area contributed by atoms with Gasteiger partial charge in [-0.25, -0.2) is 4.39 Å². The van der Waals surface area contributed by atoms with Gasteiger partial charge in [0.2, 0.25) is 5.79 Å². The quantitative estimate of drug-likeness (QED) is 0.768. The highest BCUT2D eigenvalue weighted by Gasteiger charge is 2.39. The molecule has 3 nitrogen and oxygen atoms in total. The minimum absolute atomic E-state index is 0.119. The number of rotatable bonds is 2. The summed E-state index contributed by atoms with van der Waals surface area (Å²) < 4.78 is 24.2. The summed E-state index contributed by atoms with van der Waals surface area (Å²) in [6.07, 6.45) is 0. The molecular formula is C10H12FNO2. The zero-order valence-electron chi connectivity index (χ0n) is 7.70. The smallest absolute Gasteiger partial charge is 0.210 e. The van der Waals surface area contributed by atoms with Gasteiger partial charge >= 0.3 is 0 Å². The Bertz CT molecular complexity index is 324. The lowest BCUT2D eigenvalue weighted by atomic mass is 10.1. The van der Waals surface area contributed by atoms with Crippen LogP contribution in [0, 0.1) is 5.82 Å². The van der Waals surface area contributed by atoms with Gasteiger partial charge in [0.25, 0.3) is 0 Å². The highest BCUT2D eigenvalue weighted by molar-refractivity contribution is 5.23. The Hall–Kier alpha value is -0.970. The molecule has 0 aliphatic carbocycles. The van der Waals surface area contributed by atoms with E-state index in [4.69, 9.17) is 15.2 Å². The Kier molecular flexibility index (Phi) is 2.50. The summed E-state index contributed by atoms with van der Waals surface area (Å²) in [4.78, 5) is 0. The fraction of sp³-hybridized carbons (Fsp3) is 0.400. The van der Waals surface area contributed by atoms with E-state index in [1.165, 1.54) is 6.07 Å². The molecule has 1 saturated heterocycles. The van der Waals surface area contributed by atoms with Gasteiger partial charge in [0.05, 0.1) is 19.8 Å². The fourth-order valence-corrected chi connectivity index (χ4v) is 1.61. The third kappa shape index (κ3) is 1.41. The molecule has 1 aliphatic rings. The lowest BCUT2D eigenvalue weighted by Gasteiger charge is -2.26. The van der Waals surface area contributed by atoms with Gasteiger partial charge in [-0.3, -0.25) is 0 Å². The zero-order valence-corrected chi connectivity index (χ0v) is 7.70. The maximum atomic E-state index is 13.5. The molecule has 0 atom stereocenters. The zero-order chi connectivity index (χ0) is 10.0. The number of hydrogen-bond donors (Lipinski definition) is 1. The highest BCUT2D eigenvalue weighted by Crippen LogP contribution is 2.31. The normalized spacial score (nSPS) is 19.9. The van der Waals surface area contributed by atoms with Crippen LogP contribution < -0.4 is 5.73 Å². The standard InChI is InChI=1S/C10H12FNO2/c11-9-4-2-1-3-8(9)10(7-12)13-5-6-14-10/h1-4H,5-7,12H2. The second-order valence-electron chi connectivity index (χ2n) is 3.13. The third-order valence-electron chi connectivity index (χ3n) is 2.31. The first-order valence-electron chi connectivity index (χ1n) is 4.51. The molecule has 2 N–H and O–H groups in total. The Balaban J connectivity index is 2.41. The molecule has 0 bridgehead atoms. The molecule has 0 saturated carbocycles. The summed E-state index contributed by atoms with van der Waals surface area (Å²) in [7, 11) is 0. The summed E-state index contributed by atoms with van der Waals surface area (Å²) in [5.41, 5.74) is 5.93. The number of hydrogen-bond acceptors (Lipinski definition) is 3. The molecular weight excluding hydrogens is 185 g/mol. The van der Waals surface area contributed by atoms with Crippen molar-refractivity contribution >= 4 is 0 Å². The van der Waals surface area contributed by atoms with E-state index in [0.29, 0.717) is 18.8 Å². The first-order valence-corrected chi connectivity index (χ1v) is 4.51. The Morgan fingerprint density at radius 3 is 2.50 bits per heavy atom. The average Bonchev–Trinajstić information content (AvgIpc) is 2.68. The molecule has 0 radical (unpaired) electrons. The molecule has 0 unspecified atom stereocenters. The van der Waals surface area contributed by atoms with Crippen molar-refractivity contribution in [1.29, 1.82) is 0 Å². The lowest BCUT2D eigenvalue weighted by molar-refractivity contribution is -0.158. The van der Waals surface area contributed by atoms with Crippen LogP contribution in [0.2, 0.25) is 0 Å². The number of ether oxygens (including phenoxy) is 2. The van der Waals surface area contributed by atoms with Gasteiger partial charge < -0.3 is 15.2 Å². The molecule has 0 amide bonds. The summed E-state index contributed by atoms with van der Waals surface area (Å²) in [6, 6.07) is 6.37. The fourth-order valence-electron chi connectivity index (χ4n) is 1.61. The van der Waals surface area contributed by atoms with Crippen LogP contribution in [0.4, 0.5) is 4.39 Å². The van der Waals surface area contributed by atoms with Crippen LogP contribution in [-0.4, -0.2) is 19.8 Å². The molecule has 4 heteroatoms. The van der Waals surface area contributed by atoms with Crippen LogP contribution in [-0.2, 0) is 15.3 Å². The largest absolute Gasteiger partial charge is 0.342 e. The Morgan fingerprint density at radius 1 is 1.29 bits per heavy atom. The molecule has 14 heavy (non-hydrogen) atoms. The second-order valence-corrected chi connectivity index (χ2v) is 3.13. The third-order valence-corrected chi connectivity index (χ3v) is 2.31. The SMILES string of the molecule is NCC1(c2ccccc2F)OCCO1. The van der Waals surface area contributed by atoms with Crippen molar-refractivity contribution in [3.63, 3.8) is 0 Å². The number of nitrogens with two attached hydrogens (primary N) is 1. The van der Waals surface area contributed by atoms with Gasteiger partial charge in [-0.05, 0) is 6.07 Å². The van der Waals surface area contributed by atoms with Crippen LogP contribution in [0.3, 0.4) is 0 Å². The molecule has 76 valence electrons. The molecule has 1 aromatic carbocycles. The van der Waals surface area contributed by atoms with E-state index in [9.17, 15) is 4.39 Å². The van der Waals surface area contributed by atoms with Gasteiger partial charge in [-0.2, -0.15) is 0 Å².